The zero-order valence-electron chi connectivity index (χ0n) is 9.22. The highest BCUT2D eigenvalue weighted by atomic mass is 127. The predicted molar refractivity (Wildman–Crippen MR) is 73.4 cm³/mol. The van der Waals surface area contributed by atoms with Gasteiger partial charge in [0.1, 0.15) is 9.36 Å². The lowest BCUT2D eigenvalue weighted by molar-refractivity contribution is 0.196. The van der Waals surface area contributed by atoms with E-state index in [0.717, 1.165) is 5.56 Å². The van der Waals surface area contributed by atoms with Crippen molar-refractivity contribution >= 4 is 32.4 Å². The van der Waals surface area contributed by atoms with Crippen molar-refractivity contribution in [1.82, 2.24) is 0 Å². The molecule has 1 aromatic carbocycles. The molecule has 0 bridgehead atoms. The maximum Gasteiger partial charge on any atom is 0.164 e. The van der Waals surface area contributed by atoms with Gasteiger partial charge in [-0.2, -0.15) is 0 Å². The van der Waals surface area contributed by atoms with Gasteiger partial charge in [-0.3, -0.25) is 0 Å². The van der Waals surface area contributed by atoms with Gasteiger partial charge in [-0.05, 0) is 18.1 Å². The summed E-state index contributed by atoms with van der Waals surface area (Å²) in [5.41, 5.74) is 1.59. The molecular weight excluding hydrogens is 339 g/mol. The summed E-state index contributed by atoms with van der Waals surface area (Å²) in [5.74, 6) is 0.0452. The van der Waals surface area contributed by atoms with Gasteiger partial charge >= 0.3 is 0 Å². The van der Waals surface area contributed by atoms with Crippen molar-refractivity contribution in [2.45, 2.75) is 23.2 Å². The van der Waals surface area contributed by atoms with E-state index in [-0.39, 0.29) is 5.75 Å². The fraction of sp³-hybridized carbons (Fsp3) is 0.455. The number of aliphatic hydroxyl groups excluding tert-OH is 1. The number of rotatable bonds is 4. The van der Waals surface area contributed by atoms with Crippen molar-refractivity contribution in [3.63, 3.8) is 0 Å². The van der Waals surface area contributed by atoms with Crippen molar-refractivity contribution < 1.29 is 13.5 Å². The first-order chi connectivity index (χ1) is 7.40. The van der Waals surface area contributed by atoms with E-state index in [4.69, 9.17) is 0 Å². The molecule has 3 nitrogen and oxygen atoms in total. The van der Waals surface area contributed by atoms with Crippen LogP contribution in [0.15, 0.2) is 24.3 Å². The minimum Gasteiger partial charge on any atom is -0.386 e. The summed E-state index contributed by atoms with van der Waals surface area (Å²) in [6, 6.07) is 7.28. The third-order valence-corrected chi connectivity index (χ3v) is 7.26. The number of hydrogen-bond donors (Lipinski definition) is 1. The van der Waals surface area contributed by atoms with Gasteiger partial charge in [0.05, 0.1) is 0 Å². The van der Waals surface area contributed by atoms with Crippen LogP contribution in [0, 0.1) is 6.92 Å². The number of alkyl halides is 1. The lowest BCUT2D eigenvalue weighted by Gasteiger charge is -2.19. The van der Waals surface area contributed by atoms with Crippen LogP contribution < -0.4 is 0 Å². The molecule has 5 heteroatoms. The van der Waals surface area contributed by atoms with Crippen molar-refractivity contribution in [2.75, 3.05) is 5.75 Å². The normalized spacial score (nSPS) is 15.8. The molecule has 0 unspecified atom stereocenters. The fourth-order valence-electron chi connectivity index (χ4n) is 1.42. The van der Waals surface area contributed by atoms with Crippen molar-refractivity contribution in [1.29, 1.82) is 0 Å². The summed E-state index contributed by atoms with van der Waals surface area (Å²) in [6.45, 7) is 3.45. The Bertz CT molecular complexity index is 456. The molecule has 0 aliphatic heterocycles. The molecule has 0 amide bonds. The zero-order valence-corrected chi connectivity index (χ0v) is 12.2. The second-order valence-electron chi connectivity index (χ2n) is 3.60. The lowest BCUT2D eigenvalue weighted by atomic mass is 10.1. The highest BCUT2D eigenvalue weighted by molar-refractivity contribution is 14.1. The number of aryl methyl sites for hydroxylation is 1. The average Bonchev–Trinajstić information content (AvgIpc) is 2.27. The summed E-state index contributed by atoms with van der Waals surface area (Å²) < 4.78 is 22.5. The molecule has 0 aromatic heterocycles. The Morgan fingerprint density at radius 2 is 1.94 bits per heavy atom. The second kappa shape index (κ2) is 5.46. The lowest BCUT2D eigenvalue weighted by Crippen LogP contribution is -2.24. The maximum absolute atomic E-state index is 11.7. The van der Waals surface area contributed by atoms with E-state index >= 15 is 0 Å². The van der Waals surface area contributed by atoms with Crippen molar-refractivity contribution in [2.24, 2.45) is 0 Å². The Morgan fingerprint density at radius 3 is 2.44 bits per heavy atom. The molecule has 0 spiro atoms. The van der Waals surface area contributed by atoms with E-state index in [1.54, 1.807) is 41.6 Å². The zero-order chi connectivity index (χ0) is 12.3. The number of benzene rings is 1. The van der Waals surface area contributed by atoms with E-state index in [1.165, 1.54) is 0 Å². The van der Waals surface area contributed by atoms with Crippen LogP contribution in [0.5, 0.6) is 0 Å². The third kappa shape index (κ3) is 2.95. The molecule has 1 aromatic rings. The van der Waals surface area contributed by atoms with Gasteiger partial charge in [-0.15, -0.1) is 0 Å². The van der Waals surface area contributed by atoms with E-state index in [0.29, 0.717) is 5.56 Å². The van der Waals surface area contributed by atoms with Crippen LogP contribution in [0.3, 0.4) is 0 Å². The Balaban J connectivity index is 3.04. The topological polar surface area (TPSA) is 54.4 Å². The average molecular weight is 354 g/mol. The molecule has 1 N–H and O–H groups in total. The van der Waals surface area contributed by atoms with Crippen molar-refractivity contribution in [3.05, 3.63) is 35.4 Å². The molecule has 0 aliphatic rings. The molecule has 0 saturated carbocycles. The third-order valence-electron chi connectivity index (χ3n) is 2.50. The van der Waals surface area contributed by atoms with Crippen molar-refractivity contribution in [3.8, 4) is 0 Å². The minimum absolute atomic E-state index is 0.0452. The molecule has 0 saturated heterocycles. The molecule has 0 radical (unpaired) electrons. The van der Waals surface area contributed by atoms with Crippen LogP contribution in [-0.2, 0) is 9.84 Å². The maximum atomic E-state index is 11.7. The Morgan fingerprint density at radius 1 is 1.38 bits per heavy atom. The Labute approximate surface area is 110 Å². The fourth-order valence-corrected chi connectivity index (χ4v) is 3.74. The molecule has 0 aliphatic carbocycles. The SMILES string of the molecule is CCS(=O)(=O)[C@H](I)[C@H](O)c1ccccc1C. The van der Waals surface area contributed by atoms with Crippen LogP contribution in [-0.4, -0.2) is 22.5 Å². The first-order valence-corrected chi connectivity index (χ1v) is 7.95. The summed E-state index contributed by atoms with van der Waals surface area (Å²) in [4.78, 5) is 0. The number of halogens is 1. The van der Waals surface area contributed by atoms with Gasteiger partial charge in [0.25, 0.3) is 0 Å². The summed E-state index contributed by atoms with van der Waals surface area (Å²) in [5, 5.41) is 10.0. The molecule has 0 heterocycles. The monoisotopic (exact) mass is 354 g/mol. The molecule has 90 valence electrons. The number of aliphatic hydroxyl groups is 1. The summed E-state index contributed by atoms with van der Waals surface area (Å²) >= 11 is 1.79. The van der Waals surface area contributed by atoms with Crippen LogP contribution in [0.25, 0.3) is 0 Å². The standard InChI is InChI=1S/C11H15IO3S/c1-3-16(14,15)11(12)10(13)9-7-5-4-6-8(9)2/h4-7,10-11,13H,3H2,1-2H3/t10-,11+/m1/s1. The van der Waals surface area contributed by atoms with Gasteiger partial charge in [-0.1, -0.05) is 53.8 Å². The van der Waals surface area contributed by atoms with Gasteiger partial charge in [0, 0.05) is 5.75 Å². The van der Waals surface area contributed by atoms with Gasteiger partial charge in [0.15, 0.2) is 9.84 Å². The Kier molecular flexibility index (Phi) is 4.75. The molecule has 0 fully saturated rings. The highest BCUT2D eigenvalue weighted by Crippen LogP contribution is 2.29. The first-order valence-electron chi connectivity index (χ1n) is 4.99. The molecule has 2 atom stereocenters. The largest absolute Gasteiger partial charge is 0.386 e. The molecule has 16 heavy (non-hydrogen) atoms. The number of hydrogen-bond acceptors (Lipinski definition) is 3. The summed E-state index contributed by atoms with van der Waals surface area (Å²) in [6.07, 6.45) is -0.966. The highest BCUT2D eigenvalue weighted by Gasteiger charge is 2.29. The summed E-state index contributed by atoms with van der Waals surface area (Å²) in [7, 11) is -3.23. The smallest absolute Gasteiger partial charge is 0.164 e. The second-order valence-corrected chi connectivity index (χ2v) is 8.20. The van der Waals surface area contributed by atoms with E-state index in [1.807, 2.05) is 19.1 Å². The van der Waals surface area contributed by atoms with E-state index in [9.17, 15) is 13.5 Å². The van der Waals surface area contributed by atoms with E-state index in [2.05, 4.69) is 0 Å². The Hall–Kier alpha value is -0.140. The molecular formula is C11H15IO3S. The van der Waals surface area contributed by atoms with Crippen LogP contribution in [0.2, 0.25) is 0 Å². The van der Waals surface area contributed by atoms with Gasteiger partial charge < -0.3 is 5.11 Å². The first kappa shape index (κ1) is 13.9. The van der Waals surface area contributed by atoms with Gasteiger partial charge in [0.2, 0.25) is 0 Å². The predicted octanol–water partition coefficient (Wildman–Crippen LogP) is 2.22. The van der Waals surface area contributed by atoms with Crippen LogP contribution >= 0.6 is 22.6 Å². The van der Waals surface area contributed by atoms with E-state index < -0.39 is 19.2 Å². The van der Waals surface area contributed by atoms with Gasteiger partial charge in [-0.25, -0.2) is 8.42 Å². The van der Waals surface area contributed by atoms with Crippen LogP contribution in [0.4, 0.5) is 0 Å². The quantitative estimate of drug-likeness (QED) is 0.667. The van der Waals surface area contributed by atoms with Crippen LogP contribution in [0.1, 0.15) is 24.2 Å². The number of sulfone groups is 1. The molecule has 1 rings (SSSR count). The minimum atomic E-state index is -3.23.